The van der Waals surface area contributed by atoms with E-state index in [2.05, 4.69) is 10.7 Å². The van der Waals surface area contributed by atoms with Crippen LogP contribution in [0.15, 0.2) is 4.99 Å². The molecule has 0 aliphatic heterocycles. The number of hydrogen-bond donors (Lipinski definition) is 1. The van der Waals surface area contributed by atoms with Crippen LogP contribution in [0.25, 0.3) is 0 Å². The third-order valence-corrected chi connectivity index (χ3v) is 0.0913. The molecule has 0 spiro atoms. The van der Waals surface area contributed by atoms with Gasteiger partial charge in [0.25, 0.3) is 0 Å². The molecule has 3 nitrogen and oxygen atoms in total. The summed E-state index contributed by atoms with van der Waals surface area (Å²) >= 11 is 0. The average molecular weight is 88.1 g/mol. The van der Waals surface area contributed by atoms with Crippen molar-refractivity contribution in [2.75, 3.05) is 14.1 Å². The van der Waals surface area contributed by atoms with E-state index in [0.717, 1.165) is 0 Å². The van der Waals surface area contributed by atoms with Gasteiger partial charge in [0.05, 0.1) is 0 Å². The molecule has 6 heavy (non-hydrogen) atoms. The molecule has 0 aliphatic carbocycles. The lowest BCUT2D eigenvalue weighted by Crippen LogP contribution is -1.69. The summed E-state index contributed by atoms with van der Waals surface area (Å²) in [5, 5.41) is 0. The Hall–Kier alpha value is -0.660. The highest BCUT2D eigenvalue weighted by molar-refractivity contribution is 5.32. The topological polar surface area (TPSA) is 55.4 Å². The van der Waals surface area contributed by atoms with Gasteiger partial charge in [-0.15, -0.1) is 0 Å². The second kappa shape index (κ2) is 27.0. The number of aliphatic imine (C=N–C) groups is 1. The molecule has 0 radical (unpaired) electrons. The number of hydrogen-bond acceptors (Lipinski definition) is 3. The highest BCUT2D eigenvalue weighted by atomic mass is 16.1. The first-order valence-electron chi connectivity index (χ1n) is 1.45. The molecular formula is C3H8N2O. The van der Waals surface area contributed by atoms with E-state index in [1.807, 2.05) is 0 Å². The first-order chi connectivity index (χ1) is 2.91. The lowest BCUT2D eigenvalue weighted by molar-refractivity contribution is 0.564. The molecule has 0 saturated heterocycles. The van der Waals surface area contributed by atoms with Crippen LogP contribution < -0.4 is 5.73 Å². The Morgan fingerprint density at radius 2 is 1.83 bits per heavy atom. The zero-order valence-electron chi connectivity index (χ0n) is 3.93. The van der Waals surface area contributed by atoms with E-state index < -0.39 is 0 Å². The maximum Gasteiger partial charge on any atom is 0.234 e. The largest absolute Gasteiger partial charge is 0.333 e. The molecule has 0 unspecified atom stereocenters. The van der Waals surface area contributed by atoms with Gasteiger partial charge in [0.15, 0.2) is 0 Å². The molecule has 0 heterocycles. The summed E-state index contributed by atoms with van der Waals surface area (Å²) in [6.45, 7) is 0. The Morgan fingerprint density at radius 3 is 1.83 bits per heavy atom. The van der Waals surface area contributed by atoms with Crippen molar-refractivity contribution >= 4 is 6.08 Å². The molecule has 0 aromatic rings. The average Bonchev–Trinajstić information content (AvgIpc) is 1.72. The fraction of sp³-hybridized carbons (Fsp3) is 0.667. The SMILES string of the molecule is CN.CN=C=O. The monoisotopic (exact) mass is 88.1 g/mol. The van der Waals surface area contributed by atoms with Crippen molar-refractivity contribution in [3.63, 3.8) is 0 Å². The van der Waals surface area contributed by atoms with Crippen molar-refractivity contribution < 1.29 is 4.79 Å². The van der Waals surface area contributed by atoms with Crippen LogP contribution >= 0.6 is 0 Å². The molecule has 0 aromatic heterocycles. The molecule has 3 heteroatoms. The molecule has 0 atom stereocenters. The van der Waals surface area contributed by atoms with Gasteiger partial charge >= 0.3 is 0 Å². The minimum absolute atomic E-state index is 1.31. The lowest BCUT2D eigenvalue weighted by atomic mass is 11.4. The number of nitrogens with zero attached hydrogens (tertiary/aromatic N) is 1. The van der Waals surface area contributed by atoms with Gasteiger partial charge in [-0.3, -0.25) is 0 Å². The summed E-state index contributed by atoms with van der Waals surface area (Å²) < 4.78 is 0. The normalized spacial score (nSPS) is 3.83. The van der Waals surface area contributed by atoms with E-state index >= 15 is 0 Å². The van der Waals surface area contributed by atoms with Crippen LogP contribution in [0.2, 0.25) is 0 Å². The van der Waals surface area contributed by atoms with Crippen LogP contribution in [-0.2, 0) is 4.79 Å². The van der Waals surface area contributed by atoms with Gasteiger partial charge in [-0.1, -0.05) is 0 Å². The zero-order chi connectivity index (χ0) is 5.41. The van der Waals surface area contributed by atoms with Gasteiger partial charge in [-0.2, -0.15) is 0 Å². The van der Waals surface area contributed by atoms with Crippen molar-refractivity contribution in [3.05, 3.63) is 0 Å². The summed E-state index contributed by atoms with van der Waals surface area (Å²) in [6, 6.07) is 0. The Kier molecular flexibility index (Phi) is 40.5. The maximum absolute atomic E-state index is 8.88. The van der Waals surface area contributed by atoms with Crippen molar-refractivity contribution in [2.45, 2.75) is 0 Å². The molecule has 2 N–H and O–H groups in total. The number of carbonyl (C=O) groups excluding carboxylic acids is 1. The van der Waals surface area contributed by atoms with E-state index in [4.69, 9.17) is 4.79 Å². The summed E-state index contributed by atoms with van der Waals surface area (Å²) in [7, 11) is 2.88. The van der Waals surface area contributed by atoms with Crippen molar-refractivity contribution in [2.24, 2.45) is 10.7 Å². The van der Waals surface area contributed by atoms with Crippen molar-refractivity contribution in [3.8, 4) is 0 Å². The third kappa shape index (κ3) is 158. The minimum Gasteiger partial charge on any atom is -0.333 e. The zero-order valence-corrected chi connectivity index (χ0v) is 3.93. The number of rotatable bonds is 0. The standard InChI is InChI=1S/C2H3NO.CH5N/c1-3-2-4;1-2/h1H3;2H2,1H3. The summed E-state index contributed by atoms with van der Waals surface area (Å²) in [6.07, 6.45) is 1.31. The van der Waals surface area contributed by atoms with Gasteiger partial charge < -0.3 is 5.73 Å². The van der Waals surface area contributed by atoms with Crippen LogP contribution in [0.5, 0.6) is 0 Å². The second-order valence-corrected chi connectivity index (χ2v) is 0.315. The van der Waals surface area contributed by atoms with E-state index in [0.29, 0.717) is 0 Å². The van der Waals surface area contributed by atoms with Crippen molar-refractivity contribution in [1.29, 1.82) is 0 Å². The van der Waals surface area contributed by atoms with Crippen LogP contribution in [-0.4, -0.2) is 20.2 Å². The highest BCUT2D eigenvalue weighted by Gasteiger charge is 1.29. The summed E-state index contributed by atoms with van der Waals surface area (Å²) in [5.41, 5.74) is 4.50. The van der Waals surface area contributed by atoms with Crippen LogP contribution in [0.1, 0.15) is 0 Å². The van der Waals surface area contributed by atoms with Crippen LogP contribution in [0.4, 0.5) is 0 Å². The number of isocyanates is 1. The Labute approximate surface area is 36.9 Å². The van der Waals surface area contributed by atoms with Crippen LogP contribution in [0, 0.1) is 0 Å². The Morgan fingerprint density at radius 1 is 1.67 bits per heavy atom. The van der Waals surface area contributed by atoms with Gasteiger partial charge in [0, 0.05) is 7.05 Å². The Balaban J connectivity index is 0. The molecule has 0 fully saturated rings. The molecule has 0 rings (SSSR count). The van der Waals surface area contributed by atoms with E-state index in [1.54, 1.807) is 0 Å². The number of nitrogens with two attached hydrogens (primary N) is 1. The smallest absolute Gasteiger partial charge is 0.234 e. The van der Waals surface area contributed by atoms with E-state index in [-0.39, 0.29) is 0 Å². The lowest BCUT2D eigenvalue weighted by Gasteiger charge is -1.36. The predicted octanol–water partition coefficient (Wildman–Crippen LogP) is -0.473. The highest BCUT2D eigenvalue weighted by Crippen LogP contribution is 1.28. The second-order valence-electron chi connectivity index (χ2n) is 0.315. The van der Waals surface area contributed by atoms with Gasteiger partial charge in [-0.05, 0) is 7.05 Å². The van der Waals surface area contributed by atoms with Gasteiger partial charge in [0.2, 0.25) is 6.08 Å². The van der Waals surface area contributed by atoms with Gasteiger partial charge in [-0.25, -0.2) is 9.79 Å². The summed E-state index contributed by atoms with van der Waals surface area (Å²) in [5.74, 6) is 0. The molecule has 0 aliphatic rings. The quantitative estimate of drug-likeness (QED) is 0.321. The molecular weight excluding hydrogens is 80.0 g/mol. The molecule has 0 aromatic carbocycles. The first kappa shape index (κ1) is 9.02. The van der Waals surface area contributed by atoms with Crippen LogP contribution in [0.3, 0.4) is 0 Å². The Bertz CT molecular complexity index is 46.8. The molecule has 0 saturated carbocycles. The molecule has 0 bridgehead atoms. The maximum atomic E-state index is 8.88. The van der Waals surface area contributed by atoms with E-state index in [1.165, 1.54) is 20.2 Å². The predicted molar refractivity (Wildman–Crippen MR) is 24.2 cm³/mol. The fourth-order valence-electron chi connectivity index (χ4n) is 0. The summed E-state index contributed by atoms with van der Waals surface area (Å²) in [4.78, 5) is 11.8. The van der Waals surface area contributed by atoms with Crippen molar-refractivity contribution in [1.82, 2.24) is 0 Å². The van der Waals surface area contributed by atoms with Gasteiger partial charge in [0.1, 0.15) is 0 Å². The third-order valence-electron chi connectivity index (χ3n) is 0.0913. The molecule has 36 valence electrons. The van der Waals surface area contributed by atoms with E-state index in [9.17, 15) is 0 Å². The first-order valence-corrected chi connectivity index (χ1v) is 1.45. The minimum atomic E-state index is 1.31. The fourth-order valence-corrected chi connectivity index (χ4v) is 0. The molecule has 0 amide bonds.